The second kappa shape index (κ2) is 6.95. The molecule has 1 aromatic heterocycles. The van der Waals surface area contributed by atoms with Crippen molar-refractivity contribution in [2.24, 2.45) is 11.8 Å². The molecule has 1 aromatic rings. The Morgan fingerprint density at radius 1 is 1.42 bits per heavy atom. The first-order valence-electron chi connectivity index (χ1n) is 9.37. The standard InChI is InChI=1S/C19H30IN3O2S/c1-11(2)23-15(7-16(20)21-23)17-13-9-19(8-12(3)24,10-14(13)17)22-26(25)18(4,5)6/h7,11,13-14,17,22H,8-10H2,1-6H3/t13-,14+,17?,19?,26-/m0/s1. The number of nitrogens with one attached hydrogen (secondary N) is 1. The van der Waals surface area contributed by atoms with Crippen LogP contribution in [0.15, 0.2) is 6.07 Å². The van der Waals surface area contributed by atoms with Crippen LogP contribution in [0.3, 0.4) is 0 Å². The molecule has 0 aromatic carbocycles. The van der Waals surface area contributed by atoms with Crippen molar-refractivity contribution in [3.63, 3.8) is 0 Å². The van der Waals surface area contributed by atoms with E-state index in [-0.39, 0.29) is 16.1 Å². The topological polar surface area (TPSA) is 64.0 Å². The Bertz CT molecular complexity index is 726. The number of rotatable bonds is 6. The third-order valence-electron chi connectivity index (χ3n) is 5.60. The predicted molar refractivity (Wildman–Crippen MR) is 113 cm³/mol. The summed E-state index contributed by atoms with van der Waals surface area (Å²) in [5.74, 6) is 1.81. The molecule has 5 atom stereocenters. The Morgan fingerprint density at radius 2 is 2.00 bits per heavy atom. The number of ketones is 1. The van der Waals surface area contributed by atoms with Gasteiger partial charge in [0.15, 0.2) is 0 Å². The molecule has 2 aliphatic carbocycles. The van der Waals surface area contributed by atoms with Crippen LogP contribution in [0.1, 0.15) is 78.5 Å². The lowest BCUT2D eigenvalue weighted by molar-refractivity contribution is -0.118. The third kappa shape index (κ3) is 3.94. The summed E-state index contributed by atoms with van der Waals surface area (Å²) in [5, 5.41) is 4.65. The minimum absolute atomic E-state index is 0.169. The van der Waals surface area contributed by atoms with Crippen molar-refractivity contribution in [3.8, 4) is 0 Å². The minimum atomic E-state index is -1.16. The average Bonchev–Trinajstić information content (AvgIpc) is 2.82. The average molecular weight is 491 g/mol. The second-order valence-electron chi connectivity index (χ2n) is 9.33. The minimum Gasteiger partial charge on any atom is -0.300 e. The predicted octanol–water partition coefficient (Wildman–Crippen LogP) is 3.96. The number of halogens is 1. The first kappa shape index (κ1) is 20.5. The zero-order valence-corrected chi connectivity index (χ0v) is 19.5. The number of Topliss-reactive ketones (excluding diaryl/α,β-unsaturated/α-hetero) is 1. The van der Waals surface area contributed by atoms with Crippen LogP contribution in [0, 0.1) is 15.5 Å². The molecule has 0 amide bonds. The summed E-state index contributed by atoms with van der Waals surface area (Å²) in [6.45, 7) is 11.9. The lowest BCUT2D eigenvalue weighted by atomic mass is 9.86. The van der Waals surface area contributed by atoms with Crippen LogP contribution in [0.4, 0.5) is 0 Å². The molecule has 0 aliphatic heterocycles. The van der Waals surface area contributed by atoms with E-state index >= 15 is 0 Å². The SMILES string of the molecule is CC(=O)CC1(N[S@@](=O)C(C)(C)C)C[C@@H]2C(c3cc(I)nn3C(C)C)[C@@H]2C1. The first-order valence-corrected chi connectivity index (χ1v) is 11.6. The molecule has 3 rings (SSSR count). The molecule has 1 heterocycles. The number of hydrogen-bond acceptors (Lipinski definition) is 3. The Labute approximate surface area is 172 Å². The van der Waals surface area contributed by atoms with Gasteiger partial charge in [0.1, 0.15) is 9.48 Å². The lowest BCUT2D eigenvalue weighted by Crippen LogP contribution is -2.50. The summed E-state index contributed by atoms with van der Waals surface area (Å²) in [6, 6.07) is 2.56. The fraction of sp³-hybridized carbons (Fsp3) is 0.789. The summed E-state index contributed by atoms with van der Waals surface area (Å²) < 4.78 is 18.9. The monoisotopic (exact) mass is 491 g/mol. The number of aromatic nitrogens is 2. The van der Waals surface area contributed by atoms with Crippen LogP contribution in [0.2, 0.25) is 0 Å². The summed E-state index contributed by atoms with van der Waals surface area (Å²) in [6.07, 6.45) is 2.31. The smallest absolute Gasteiger partial charge is 0.131 e. The number of nitrogens with zero attached hydrogens (tertiary/aromatic N) is 2. The van der Waals surface area contributed by atoms with Crippen molar-refractivity contribution in [3.05, 3.63) is 15.5 Å². The van der Waals surface area contributed by atoms with Crippen LogP contribution in [-0.2, 0) is 15.8 Å². The largest absolute Gasteiger partial charge is 0.300 e. The summed E-state index contributed by atoms with van der Waals surface area (Å²) in [5.41, 5.74) is 1.01. The van der Waals surface area contributed by atoms with Crippen molar-refractivity contribution in [1.29, 1.82) is 0 Å². The van der Waals surface area contributed by atoms with Gasteiger partial charge in [0.2, 0.25) is 0 Å². The summed E-state index contributed by atoms with van der Waals surface area (Å²) >= 11 is 2.28. The molecule has 7 heteroatoms. The van der Waals surface area contributed by atoms with Gasteiger partial charge in [-0.3, -0.25) is 9.48 Å². The molecule has 26 heavy (non-hydrogen) atoms. The zero-order chi connectivity index (χ0) is 19.4. The molecule has 146 valence electrons. The second-order valence-corrected chi connectivity index (χ2v) is 12.4. The molecular weight excluding hydrogens is 461 g/mol. The first-order chi connectivity index (χ1) is 11.9. The van der Waals surface area contributed by atoms with Gasteiger partial charge < -0.3 is 0 Å². The Balaban J connectivity index is 1.78. The van der Waals surface area contributed by atoms with E-state index in [1.165, 1.54) is 5.69 Å². The van der Waals surface area contributed by atoms with Crippen LogP contribution in [0.5, 0.6) is 0 Å². The van der Waals surface area contributed by atoms with Crippen LogP contribution < -0.4 is 4.72 Å². The van der Waals surface area contributed by atoms with Gasteiger partial charge in [-0.15, -0.1) is 0 Å². The Kier molecular flexibility index (Phi) is 5.47. The maximum atomic E-state index is 12.7. The molecule has 2 fully saturated rings. The van der Waals surface area contributed by atoms with Gasteiger partial charge in [0.05, 0.1) is 15.7 Å². The van der Waals surface area contributed by atoms with Crippen molar-refractivity contribution < 1.29 is 9.00 Å². The van der Waals surface area contributed by atoms with E-state index in [0.717, 1.165) is 16.5 Å². The van der Waals surface area contributed by atoms with E-state index in [1.807, 2.05) is 20.8 Å². The maximum Gasteiger partial charge on any atom is 0.131 e. The van der Waals surface area contributed by atoms with E-state index in [9.17, 15) is 9.00 Å². The van der Waals surface area contributed by atoms with Gasteiger partial charge in [0, 0.05) is 29.6 Å². The van der Waals surface area contributed by atoms with Crippen molar-refractivity contribution in [2.75, 3.05) is 0 Å². The summed E-state index contributed by atoms with van der Waals surface area (Å²) in [7, 11) is -1.16. The highest BCUT2D eigenvalue weighted by molar-refractivity contribution is 14.1. The van der Waals surface area contributed by atoms with Crippen LogP contribution in [0.25, 0.3) is 0 Å². The fourth-order valence-corrected chi connectivity index (χ4v) is 6.05. The highest BCUT2D eigenvalue weighted by atomic mass is 127. The molecule has 1 N–H and O–H groups in total. The number of fused-ring (bicyclic) bond motifs is 1. The highest BCUT2D eigenvalue weighted by Gasteiger charge is 2.63. The molecular formula is C19H30IN3O2S. The Hall–Kier alpha value is -0.280. The van der Waals surface area contributed by atoms with Crippen molar-refractivity contribution in [2.45, 2.75) is 83.1 Å². The molecule has 0 spiro atoms. The van der Waals surface area contributed by atoms with Gasteiger partial charge >= 0.3 is 0 Å². The molecule has 2 aliphatic rings. The van der Waals surface area contributed by atoms with Gasteiger partial charge in [-0.1, -0.05) is 0 Å². The fourth-order valence-electron chi connectivity index (χ4n) is 4.56. The number of carbonyl (C=O) groups is 1. The molecule has 0 bridgehead atoms. The van der Waals surface area contributed by atoms with E-state index in [2.05, 4.69) is 57.0 Å². The third-order valence-corrected chi connectivity index (χ3v) is 7.86. The molecule has 5 nitrogen and oxygen atoms in total. The molecule has 0 radical (unpaired) electrons. The zero-order valence-electron chi connectivity index (χ0n) is 16.5. The maximum absolute atomic E-state index is 12.7. The van der Waals surface area contributed by atoms with E-state index in [0.29, 0.717) is 30.2 Å². The molecule has 2 saturated carbocycles. The lowest BCUT2D eigenvalue weighted by Gasteiger charge is -2.34. The molecule has 2 unspecified atom stereocenters. The summed E-state index contributed by atoms with van der Waals surface area (Å²) in [4.78, 5) is 11.9. The van der Waals surface area contributed by atoms with E-state index < -0.39 is 11.0 Å². The molecule has 0 saturated heterocycles. The van der Waals surface area contributed by atoms with E-state index in [4.69, 9.17) is 0 Å². The van der Waals surface area contributed by atoms with Gasteiger partial charge in [0.25, 0.3) is 0 Å². The van der Waals surface area contributed by atoms with Crippen molar-refractivity contribution in [1.82, 2.24) is 14.5 Å². The van der Waals surface area contributed by atoms with Crippen molar-refractivity contribution >= 4 is 39.4 Å². The van der Waals surface area contributed by atoms with Gasteiger partial charge in [-0.25, -0.2) is 8.93 Å². The van der Waals surface area contributed by atoms with Crippen LogP contribution >= 0.6 is 22.6 Å². The number of carbonyl (C=O) groups excluding carboxylic acids is 1. The number of hydrogen-bond donors (Lipinski definition) is 1. The van der Waals surface area contributed by atoms with Gasteiger partial charge in [-0.05, 0) is 94.9 Å². The highest BCUT2D eigenvalue weighted by Crippen LogP contribution is 2.66. The normalized spacial score (nSPS) is 31.9. The van der Waals surface area contributed by atoms with Crippen LogP contribution in [-0.4, -0.2) is 30.1 Å². The van der Waals surface area contributed by atoms with E-state index in [1.54, 1.807) is 6.92 Å². The van der Waals surface area contributed by atoms with Gasteiger partial charge in [-0.2, -0.15) is 5.10 Å². The Morgan fingerprint density at radius 3 is 2.46 bits per heavy atom. The quantitative estimate of drug-likeness (QED) is 0.613.